The highest BCUT2D eigenvalue weighted by atomic mass is 32.1. The molecule has 0 radical (unpaired) electrons. The summed E-state index contributed by atoms with van der Waals surface area (Å²) in [5, 5.41) is 3.00. The molecule has 0 saturated heterocycles. The van der Waals surface area contributed by atoms with Crippen LogP contribution in [0, 0.1) is 6.92 Å². The van der Waals surface area contributed by atoms with Gasteiger partial charge in [-0.15, -0.1) is 11.3 Å². The Bertz CT molecular complexity index is 959. The van der Waals surface area contributed by atoms with E-state index in [1.165, 1.54) is 4.88 Å². The van der Waals surface area contributed by atoms with E-state index in [4.69, 9.17) is 9.47 Å². The number of aryl methyl sites for hydroxylation is 1. The lowest BCUT2D eigenvalue weighted by Crippen LogP contribution is -2.25. The van der Waals surface area contributed by atoms with Crippen LogP contribution in [0.3, 0.4) is 0 Å². The van der Waals surface area contributed by atoms with Gasteiger partial charge in [0, 0.05) is 23.5 Å². The number of methoxy groups -OCH3 is 2. The number of amides is 1. The average Bonchev–Trinajstić information content (AvgIpc) is 3.16. The molecule has 3 rings (SSSR count). The van der Waals surface area contributed by atoms with Crippen LogP contribution in [0.25, 0.3) is 10.2 Å². The Morgan fingerprint density at radius 1 is 1.19 bits per heavy atom. The lowest BCUT2D eigenvalue weighted by molar-refractivity contribution is 0.0945. The number of rotatable bonds is 7. The van der Waals surface area contributed by atoms with Crippen molar-refractivity contribution in [1.82, 2.24) is 15.2 Å². The van der Waals surface area contributed by atoms with E-state index in [2.05, 4.69) is 28.2 Å². The van der Waals surface area contributed by atoms with Crippen LogP contribution in [0.2, 0.25) is 0 Å². The number of aromatic amines is 1. The van der Waals surface area contributed by atoms with Crippen LogP contribution in [-0.4, -0.2) is 44.1 Å². The normalized spacial score (nSPS) is 11.2. The van der Waals surface area contributed by atoms with Gasteiger partial charge in [0.25, 0.3) is 5.91 Å². The largest absolute Gasteiger partial charge is 0.493 e. The maximum atomic E-state index is 12.8. The lowest BCUT2D eigenvalue weighted by atomic mass is 10.2. The Morgan fingerprint density at radius 3 is 2.59 bits per heavy atom. The van der Waals surface area contributed by atoms with Crippen molar-refractivity contribution in [2.75, 3.05) is 28.3 Å². The first-order chi connectivity index (χ1) is 12.9. The molecule has 3 aromatic rings. The van der Waals surface area contributed by atoms with E-state index in [1.807, 2.05) is 32.3 Å². The van der Waals surface area contributed by atoms with E-state index < -0.39 is 0 Å². The second kappa shape index (κ2) is 8.02. The summed E-state index contributed by atoms with van der Waals surface area (Å²) in [5.41, 5.74) is 3.63. The van der Waals surface area contributed by atoms with Gasteiger partial charge in [-0.25, -0.2) is 0 Å². The van der Waals surface area contributed by atoms with Crippen molar-refractivity contribution >= 4 is 27.5 Å². The molecule has 0 atom stereocenters. The first-order valence-corrected chi connectivity index (χ1v) is 9.49. The number of fused-ring (bicyclic) bond motifs is 1. The fourth-order valence-electron chi connectivity index (χ4n) is 3.08. The van der Waals surface area contributed by atoms with E-state index in [1.54, 1.807) is 25.6 Å². The lowest BCUT2D eigenvalue weighted by Gasteiger charge is -2.12. The minimum Gasteiger partial charge on any atom is -0.493 e. The van der Waals surface area contributed by atoms with Crippen molar-refractivity contribution < 1.29 is 14.3 Å². The predicted octanol–water partition coefficient (Wildman–Crippen LogP) is 3.55. The van der Waals surface area contributed by atoms with Crippen molar-refractivity contribution in [3.63, 3.8) is 0 Å². The molecule has 2 aromatic heterocycles. The molecule has 144 valence electrons. The zero-order chi connectivity index (χ0) is 19.6. The molecular weight excluding hydrogens is 362 g/mol. The van der Waals surface area contributed by atoms with Gasteiger partial charge >= 0.3 is 0 Å². The highest BCUT2D eigenvalue weighted by Crippen LogP contribution is 2.31. The Hall–Kier alpha value is -2.51. The topological polar surface area (TPSA) is 66.6 Å². The van der Waals surface area contributed by atoms with Crippen LogP contribution in [0.4, 0.5) is 0 Å². The van der Waals surface area contributed by atoms with Crippen LogP contribution in [0.1, 0.15) is 26.5 Å². The second-order valence-corrected chi connectivity index (χ2v) is 7.94. The van der Waals surface area contributed by atoms with Gasteiger partial charge in [0.1, 0.15) is 5.69 Å². The summed E-state index contributed by atoms with van der Waals surface area (Å²) < 4.78 is 11.7. The van der Waals surface area contributed by atoms with E-state index in [0.717, 1.165) is 21.3 Å². The van der Waals surface area contributed by atoms with Gasteiger partial charge < -0.3 is 24.7 Å². The van der Waals surface area contributed by atoms with Gasteiger partial charge in [-0.2, -0.15) is 0 Å². The van der Waals surface area contributed by atoms with Gasteiger partial charge in [-0.1, -0.05) is 6.07 Å². The minimum absolute atomic E-state index is 0.109. The first kappa shape index (κ1) is 19.3. The average molecular weight is 388 g/mol. The van der Waals surface area contributed by atoms with Gasteiger partial charge in [-0.05, 0) is 44.8 Å². The molecule has 0 aliphatic rings. The van der Waals surface area contributed by atoms with Crippen molar-refractivity contribution in [3.8, 4) is 11.5 Å². The molecule has 0 bridgehead atoms. The third-order valence-electron chi connectivity index (χ3n) is 4.29. The third-order valence-corrected chi connectivity index (χ3v) is 5.40. The zero-order valence-electron chi connectivity index (χ0n) is 16.3. The van der Waals surface area contributed by atoms with Crippen molar-refractivity contribution in [3.05, 3.63) is 46.0 Å². The maximum absolute atomic E-state index is 12.8. The number of carbonyl (C=O) groups excluding carboxylic acids is 1. The standard InChI is InChI=1S/C20H25N3O3S/c1-12-8-15-19(27-12)14(11-23(2)3)18(22-15)20(24)21-10-13-6-7-16(25-4)17(9-13)26-5/h6-9,22H,10-11H2,1-5H3,(H,21,24). The second-order valence-electron chi connectivity index (χ2n) is 6.69. The van der Waals surface area contributed by atoms with Crippen LogP contribution in [0.15, 0.2) is 24.3 Å². The molecule has 0 unspecified atom stereocenters. The van der Waals surface area contributed by atoms with E-state index >= 15 is 0 Å². The Balaban J connectivity index is 1.81. The number of aromatic nitrogens is 1. The molecule has 0 spiro atoms. The number of hydrogen-bond acceptors (Lipinski definition) is 5. The molecule has 2 heterocycles. The van der Waals surface area contributed by atoms with E-state index in [9.17, 15) is 4.79 Å². The highest BCUT2D eigenvalue weighted by molar-refractivity contribution is 7.19. The molecule has 27 heavy (non-hydrogen) atoms. The van der Waals surface area contributed by atoms with E-state index in [-0.39, 0.29) is 5.91 Å². The number of nitrogens with one attached hydrogen (secondary N) is 2. The number of hydrogen-bond donors (Lipinski definition) is 2. The van der Waals surface area contributed by atoms with Crippen LogP contribution < -0.4 is 14.8 Å². The molecule has 0 aliphatic carbocycles. The minimum atomic E-state index is -0.109. The van der Waals surface area contributed by atoms with Crippen LogP contribution in [-0.2, 0) is 13.1 Å². The molecule has 6 nitrogen and oxygen atoms in total. The first-order valence-electron chi connectivity index (χ1n) is 8.67. The molecule has 0 fully saturated rings. The van der Waals surface area contributed by atoms with Crippen LogP contribution in [0.5, 0.6) is 11.5 Å². The molecule has 2 N–H and O–H groups in total. The van der Waals surface area contributed by atoms with Crippen molar-refractivity contribution in [2.24, 2.45) is 0 Å². The fraction of sp³-hybridized carbons (Fsp3) is 0.350. The molecule has 0 saturated carbocycles. The Kier molecular flexibility index (Phi) is 5.72. The summed E-state index contributed by atoms with van der Waals surface area (Å²) >= 11 is 1.71. The summed E-state index contributed by atoms with van der Waals surface area (Å²) in [6.07, 6.45) is 0. The monoisotopic (exact) mass is 387 g/mol. The summed E-state index contributed by atoms with van der Waals surface area (Å²) in [5.74, 6) is 1.21. The third kappa shape index (κ3) is 4.09. The van der Waals surface area contributed by atoms with Crippen molar-refractivity contribution in [1.29, 1.82) is 0 Å². The van der Waals surface area contributed by atoms with Gasteiger partial charge in [0.2, 0.25) is 0 Å². The number of thiophene rings is 1. The number of H-pyrrole nitrogens is 1. The smallest absolute Gasteiger partial charge is 0.268 e. The molecule has 1 amide bonds. The number of carbonyl (C=O) groups is 1. The SMILES string of the molecule is COc1ccc(CNC(=O)c2[nH]c3cc(C)sc3c2CN(C)C)cc1OC. The Labute approximate surface area is 163 Å². The zero-order valence-corrected chi connectivity index (χ0v) is 17.1. The maximum Gasteiger partial charge on any atom is 0.268 e. The van der Waals surface area contributed by atoms with Crippen molar-refractivity contribution in [2.45, 2.75) is 20.0 Å². The highest BCUT2D eigenvalue weighted by Gasteiger charge is 2.20. The quantitative estimate of drug-likeness (QED) is 0.651. The fourth-order valence-corrected chi connectivity index (χ4v) is 4.09. The summed E-state index contributed by atoms with van der Waals surface area (Å²) in [4.78, 5) is 19.4. The number of ether oxygens (including phenoxy) is 2. The van der Waals surface area contributed by atoms with Crippen LogP contribution >= 0.6 is 11.3 Å². The number of benzene rings is 1. The Morgan fingerprint density at radius 2 is 1.93 bits per heavy atom. The molecule has 0 aliphatic heterocycles. The number of nitrogens with zero attached hydrogens (tertiary/aromatic N) is 1. The predicted molar refractivity (Wildman–Crippen MR) is 109 cm³/mol. The van der Waals surface area contributed by atoms with E-state index in [0.29, 0.717) is 30.3 Å². The summed E-state index contributed by atoms with van der Waals surface area (Å²) in [6.45, 7) is 3.19. The van der Waals surface area contributed by atoms with Gasteiger partial charge in [-0.3, -0.25) is 4.79 Å². The molecule has 1 aromatic carbocycles. The molecule has 7 heteroatoms. The van der Waals surface area contributed by atoms with Gasteiger partial charge in [0.05, 0.1) is 24.4 Å². The molecular formula is C20H25N3O3S. The summed E-state index contributed by atoms with van der Waals surface area (Å²) in [7, 11) is 7.21. The van der Waals surface area contributed by atoms with Gasteiger partial charge in [0.15, 0.2) is 11.5 Å². The summed E-state index contributed by atoms with van der Waals surface area (Å²) in [6, 6.07) is 7.71.